The maximum absolute atomic E-state index is 11.6. The van der Waals surface area contributed by atoms with Crippen LogP contribution in [0.25, 0.3) is 33.3 Å². The number of carboxylic acids is 1. The zero-order chi connectivity index (χ0) is 21.3. The Bertz CT molecular complexity index is 1290. The number of thioether (sulfide) groups is 1. The molecule has 3 N–H and O–H groups in total. The molecule has 0 fully saturated rings. The van der Waals surface area contributed by atoms with Crippen LogP contribution in [-0.2, 0) is 4.79 Å². The molecule has 30 heavy (non-hydrogen) atoms. The van der Waals surface area contributed by atoms with Crippen LogP contribution >= 0.6 is 11.8 Å². The topological polar surface area (TPSA) is 119 Å². The predicted octanol–water partition coefficient (Wildman–Crippen LogP) is 4.58. The Morgan fingerprint density at radius 3 is 2.50 bits per heavy atom. The molecule has 0 spiro atoms. The average Bonchev–Trinajstić information content (AvgIpc) is 3.20. The summed E-state index contributed by atoms with van der Waals surface area (Å²) < 4.78 is 0. The Labute approximate surface area is 175 Å². The van der Waals surface area contributed by atoms with E-state index in [1.165, 1.54) is 11.6 Å². The lowest BCUT2D eigenvalue weighted by Gasteiger charge is -2.06. The van der Waals surface area contributed by atoms with Crippen molar-refractivity contribution in [3.05, 3.63) is 65.1 Å². The lowest BCUT2D eigenvalue weighted by molar-refractivity contribution is -0.729. The quantitative estimate of drug-likeness (QED) is 0.308. The zero-order valence-corrected chi connectivity index (χ0v) is 16.7. The van der Waals surface area contributed by atoms with E-state index < -0.39 is 5.97 Å². The molecule has 4 rings (SSSR count). The van der Waals surface area contributed by atoms with E-state index >= 15 is 0 Å². The van der Waals surface area contributed by atoms with Crippen LogP contribution < -0.4 is 0 Å². The first kappa shape index (κ1) is 19.6. The van der Waals surface area contributed by atoms with Crippen molar-refractivity contribution in [3.8, 4) is 22.5 Å². The molecule has 1 heterocycles. The molecule has 0 radical (unpaired) electrons. The van der Waals surface area contributed by atoms with Crippen molar-refractivity contribution < 1.29 is 20.0 Å². The summed E-state index contributed by atoms with van der Waals surface area (Å²) in [6.45, 7) is 2.04. The minimum Gasteiger partial charge on any atom is -0.481 e. The van der Waals surface area contributed by atoms with Crippen LogP contribution in [0.1, 0.15) is 5.56 Å². The van der Waals surface area contributed by atoms with Crippen molar-refractivity contribution in [3.63, 3.8) is 0 Å². The second kappa shape index (κ2) is 7.96. The number of carbonyl (C=O) groups is 1. The van der Waals surface area contributed by atoms with Crippen LogP contribution in [0.2, 0.25) is 0 Å². The van der Waals surface area contributed by atoms with Gasteiger partial charge in [-0.25, -0.2) is 5.21 Å². The van der Waals surface area contributed by atoms with Gasteiger partial charge in [0.1, 0.15) is 0 Å². The summed E-state index contributed by atoms with van der Waals surface area (Å²) in [5.74, 6) is -0.748. The highest BCUT2D eigenvalue weighted by molar-refractivity contribution is 7.99. The van der Waals surface area contributed by atoms with Gasteiger partial charge in [0.25, 0.3) is 4.92 Å². The summed E-state index contributed by atoms with van der Waals surface area (Å²) in [6.07, 6.45) is 0. The molecule has 0 atom stereocenters. The van der Waals surface area contributed by atoms with Crippen molar-refractivity contribution in [1.29, 1.82) is 0 Å². The highest BCUT2D eigenvalue weighted by Gasteiger charge is 2.18. The van der Waals surface area contributed by atoms with E-state index in [0.717, 1.165) is 33.7 Å². The molecule has 8 nitrogen and oxygen atoms in total. The Hall–Kier alpha value is -3.72. The van der Waals surface area contributed by atoms with Gasteiger partial charge in [-0.05, 0) is 41.0 Å². The molecule has 0 saturated carbocycles. The average molecular weight is 421 g/mol. The number of aryl methyl sites for hydroxylation is 1. The molecule has 0 unspecified atom stereocenters. The second-order valence-corrected chi connectivity index (χ2v) is 7.73. The molecule has 0 aliphatic heterocycles. The third-order valence-corrected chi connectivity index (χ3v) is 5.39. The van der Waals surface area contributed by atoms with Gasteiger partial charge in [0.05, 0.1) is 10.7 Å². The molecule has 1 aromatic heterocycles. The number of fused-ring (bicyclic) bond motifs is 1. The normalized spacial score (nSPS) is 11.0. The fraction of sp³-hybridized carbons (Fsp3) is 0.0952. The maximum Gasteiger partial charge on any atom is 0.317 e. The Morgan fingerprint density at radius 1 is 1.00 bits per heavy atom. The van der Waals surface area contributed by atoms with E-state index in [-0.39, 0.29) is 16.4 Å². The summed E-state index contributed by atoms with van der Waals surface area (Å²) >= 11 is 1.01. The van der Waals surface area contributed by atoms with Gasteiger partial charge >= 0.3 is 11.7 Å². The van der Waals surface area contributed by atoms with Crippen molar-refractivity contribution in [1.82, 2.24) is 15.2 Å². The molecule has 0 amide bonds. The molecule has 4 aromatic rings. The third kappa shape index (κ3) is 4.15. The first-order chi connectivity index (χ1) is 14.4. The second-order valence-electron chi connectivity index (χ2n) is 6.77. The summed E-state index contributed by atoms with van der Waals surface area (Å²) in [5.41, 5.74) is 3.34. The molecule has 0 aliphatic carbocycles. The zero-order valence-electron chi connectivity index (χ0n) is 15.9. The molecule has 9 heteroatoms. The first-order valence-electron chi connectivity index (χ1n) is 8.99. The number of rotatable bonds is 6. The van der Waals surface area contributed by atoms with E-state index in [1.54, 1.807) is 6.07 Å². The minimum atomic E-state index is -0.962. The number of hydrogen-bond acceptors (Lipinski definition) is 5. The minimum absolute atomic E-state index is 0.0441. The van der Waals surface area contributed by atoms with Gasteiger partial charge in [0.2, 0.25) is 0 Å². The first-order valence-corrected chi connectivity index (χ1v) is 9.97. The summed E-state index contributed by atoms with van der Waals surface area (Å²) in [5, 5.41) is 28.8. The van der Waals surface area contributed by atoms with Crippen LogP contribution in [0.5, 0.6) is 0 Å². The Morgan fingerprint density at radius 2 is 1.73 bits per heavy atom. The van der Waals surface area contributed by atoms with Crippen LogP contribution in [0, 0.1) is 11.8 Å². The molecule has 0 aliphatic rings. The highest BCUT2D eigenvalue weighted by Crippen LogP contribution is 2.32. The molecular weight excluding hydrogens is 404 g/mol. The number of H-pyrrole nitrogens is 1. The number of benzene rings is 3. The Kier molecular flexibility index (Phi) is 5.20. The fourth-order valence-corrected chi connectivity index (χ4v) is 3.67. The predicted molar refractivity (Wildman–Crippen MR) is 113 cm³/mol. The smallest absolute Gasteiger partial charge is 0.317 e. The van der Waals surface area contributed by atoms with Crippen molar-refractivity contribution in [2.24, 2.45) is 0 Å². The van der Waals surface area contributed by atoms with Gasteiger partial charge in [0.15, 0.2) is 11.0 Å². The summed E-state index contributed by atoms with van der Waals surface area (Å²) in [6, 6.07) is 17.0. The van der Waals surface area contributed by atoms with E-state index in [9.17, 15) is 14.9 Å². The highest BCUT2D eigenvalue weighted by atomic mass is 32.2. The van der Waals surface area contributed by atoms with E-state index in [0.29, 0.717) is 16.5 Å². The van der Waals surface area contributed by atoms with Gasteiger partial charge in [-0.15, -0.1) is 10.2 Å². The lowest BCUT2D eigenvalue weighted by Crippen LogP contribution is -1.97. The SMILES string of the molecule is Cc1ccc2cc(-c3cc(-c4nnc(SCC(=O)O)[nH]4)cc([N+](=O)O)c3)ccc2c1. The van der Waals surface area contributed by atoms with E-state index in [1.807, 2.05) is 43.3 Å². The van der Waals surface area contributed by atoms with Crippen LogP contribution in [-0.4, -0.2) is 42.1 Å². The van der Waals surface area contributed by atoms with Crippen LogP contribution in [0.15, 0.2) is 59.8 Å². The van der Waals surface area contributed by atoms with Gasteiger partial charge in [-0.1, -0.05) is 47.7 Å². The van der Waals surface area contributed by atoms with Crippen LogP contribution in [0.4, 0.5) is 5.69 Å². The van der Waals surface area contributed by atoms with E-state index in [4.69, 9.17) is 5.11 Å². The number of aromatic amines is 1. The largest absolute Gasteiger partial charge is 0.481 e. The molecule has 0 saturated heterocycles. The Balaban J connectivity index is 1.76. The molecule has 0 bridgehead atoms. The van der Waals surface area contributed by atoms with Gasteiger partial charge < -0.3 is 10.1 Å². The number of aromatic nitrogens is 3. The summed E-state index contributed by atoms with van der Waals surface area (Å²) in [7, 11) is 0. The van der Waals surface area contributed by atoms with Crippen molar-refractivity contribution in [2.45, 2.75) is 12.1 Å². The third-order valence-electron chi connectivity index (χ3n) is 4.54. The molecule has 150 valence electrons. The summed E-state index contributed by atoms with van der Waals surface area (Å²) in [4.78, 5) is 25.1. The van der Waals surface area contributed by atoms with Crippen molar-refractivity contribution in [2.75, 3.05) is 5.75 Å². The maximum atomic E-state index is 11.6. The van der Waals surface area contributed by atoms with Gasteiger partial charge in [-0.2, -0.15) is 0 Å². The lowest BCUT2D eigenvalue weighted by atomic mass is 9.98. The number of carboxylic acid groups (broad SMARTS) is 1. The number of nitrogens with one attached hydrogen (secondary N) is 1. The van der Waals surface area contributed by atoms with Gasteiger partial charge in [-0.3, -0.25) is 4.79 Å². The van der Waals surface area contributed by atoms with Gasteiger partial charge in [0, 0.05) is 17.7 Å². The number of nitrogens with zero attached hydrogens (tertiary/aromatic N) is 3. The molecule has 3 aromatic carbocycles. The number of hydrogen-bond donors (Lipinski definition) is 3. The molecular formula is C21H17N4O4S+. The monoisotopic (exact) mass is 421 g/mol. The van der Waals surface area contributed by atoms with E-state index in [2.05, 4.69) is 21.2 Å². The fourth-order valence-electron chi connectivity index (χ4n) is 3.14. The number of aliphatic carboxylic acids is 1. The van der Waals surface area contributed by atoms with Crippen LogP contribution in [0.3, 0.4) is 0 Å². The van der Waals surface area contributed by atoms with Crippen molar-refractivity contribution >= 4 is 34.2 Å². The standard InChI is InChI=1S/C21H16N4O4S/c1-12-2-3-14-7-15(5-4-13(14)6-12)16-8-17(10-18(9-16)25(28)29)20-22-21(24-23-20)30-11-19(26)27/h2-10H,11H2,1H3,(H2-,22,23,24,26,27,28,29)/p+1.